The van der Waals surface area contributed by atoms with E-state index in [1.807, 2.05) is 20.8 Å². The smallest absolute Gasteiger partial charge is 0.410 e. The zero-order valence-electron chi connectivity index (χ0n) is 14.3. The van der Waals surface area contributed by atoms with E-state index in [2.05, 4.69) is 9.97 Å². The molecular weight excluding hydrogens is 344 g/mol. The van der Waals surface area contributed by atoms with Crippen LogP contribution in [0.2, 0.25) is 0 Å². The molecule has 0 radical (unpaired) electrons. The lowest BCUT2D eigenvalue weighted by molar-refractivity contribution is -0.384. The highest BCUT2D eigenvalue weighted by molar-refractivity contribution is 7.99. The van der Waals surface area contributed by atoms with Crippen LogP contribution in [0.5, 0.6) is 0 Å². The van der Waals surface area contributed by atoms with Crippen LogP contribution in [0.25, 0.3) is 11.0 Å². The average molecular weight is 364 g/mol. The molecule has 1 fully saturated rings. The third-order valence-corrected chi connectivity index (χ3v) is 4.86. The van der Waals surface area contributed by atoms with Crippen molar-refractivity contribution >= 4 is 34.6 Å². The minimum Gasteiger partial charge on any atom is -0.444 e. The molecule has 8 nitrogen and oxygen atoms in total. The van der Waals surface area contributed by atoms with Gasteiger partial charge in [0, 0.05) is 30.5 Å². The van der Waals surface area contributed by atoms with Crippen molar-refractivity contribution in [3.05, 3.63) is 28.3 Å². The van der Waals surface area contributed by atoms with E-state index in [4.69, 9.17) is 4.74 Å². The fourth-order valence-corrected chi connectivity index (χ4v) is 3.73. The molecule has 9 heteroatoms. The maximum absolute atomic E-state index is 12.1. The van der Waals surface area contributed by atoms with Gasteiger partial charge in [-0.05, 0) is 33.3 Å². The standard InChI is InChI=1S/C16H20N4O4S/c1-16(2,3)24-15(21)19-7-6-11(9-19)25-14-17-12-5-4-10(20(22)23)8-13(12)18-14/h4-5,8,11H,6-7,9H2,1-3H3,(H,17,18)/t11-/m1/s1. The van der Waals surface area contributed by atoms with Crippen molar-refractivity contribution in [1.82, 2.24) is 14.9 Å². The number of carbonyl (C=O) groups excluding carboxylic acids is 1. The number of nitro groups is 1. The molecular formula is C16H20N4O4S. The molecule has 0 aliphatic carbocycles. The minimum atomic E-state index is -0.504. The molecule has 1 aromatic carbocycles. The van der Waals surface area contributed by atoms with Gasteiger partial charge in [0.1, 0.15) is 5.60 Å². The second-order valence-corrected chi connectivity index (χ2v) is 8.24. The van der Waals surface area contributed by atoms with Crippen LogP contribution in [0.1, 0.15) is 27.2 Å². The first-order valence-electron chi connectivity index (χ1n) is 8.00. The second kappa shape index (κ2) is 6.55. The highest BCUT2D eigenvalue weighted by atomic mass is 32.2. The van der Waals surface area contributed by atoms with Gasteiger partial charge >= 0.3 is 6.09 Å². The lowest BCUT2D eigenvalue weighted by Crippen LogP contribution is -2.35. The quantitative estimate of drug-likeness (QED) is 0.660. The summed E-state index contributed by atoms with van der Waals surface area (Å²) in [4.78, 5) is 31.8. The summed E-state index contributed by atoms with van der Waals surface area (Å²) in [6.45, 7) is 6.79. The molecule has 1 aliphatic rings. The van der Waals surface area contributed by atoms with E-state index in [-0.39, 0.29) is 17.0 Å². The molecule has 1 saturated heterocycles. The Kier molecular flexibility index (Phi) is 4.59. The number of nitrogens with zero attached hydrogens (tertiary/aromatic N) is 3. The van der Waals surface area contributed by atoms with Crippen molar-refractivity contribution in [3.8, 4) is 0 Å². The Balaban J connectivity index is 1.64. The molecule has 25 heavy (non-hydrogen) atoms. The normalized spacial score (nSPS) is 17.9. The summed E-state index contributed by atoms with van der Waals surface area (Å²) in [5.41, 5.74) is 0.855. The van der Waals surface area contributed by atoms with Gasteiger partial charge < -0.3 is 14.6 Å². The molecule has 0 unspecified atom stereocenters. The van der Waals surface area contributed by atoms with Crippen molar-refractivity contribution in [1.29, 1.82) is 0 Å². The molecule has 2 heterocycles. The van der Waals surface area contributed by atoms with Gasteiger partial charge in [-0.1, -0.05) is 11.8 Å². The van der Waals surface area contributed by atoms with Crippen molar-refractivity contribution in [2.24, 2.45) is 0 Å². The van der Waals surface area contributed by atoms with Gasteiger partial charge in [0.15, 0.2) is 5.16 Å². The topological polar surface area (TPSA) is 101 Å². The highest BCUT2D eigenvalue weighted by Gasteiger charge is 2.30. The number of H-pyrrole nitrogens is 1. The molecule has 0 bridgehead atoms. The van der Waals surface area contributed by atoms with Crippen molar-refractivity contribution in [3.63, 3.8) is 0 Å². The molecule has 2 aromatic rings. The molecule has 1 amide bonds. The molecule has 0 saturated carbocycles. The SMILES string of the molecule is CC(C)(C)OC(=O)N1CC[C@@H](Sc2nc3ccc([N+](=O)[O-])cc3[nH]2)C1. The Morgan fingerprint density at radius 1 is 1.48 bits per heavy atom. The zero-order chi connectivity index (χ0) is 18.2. The largest absolute Gasteiger partial charge is 0.444 e. The predicted molar refractivity (Wildman–Crippen MR) is 94.8 cm³/mol. The van der Waals surface area contributed by atoms with E-state index in [9.17, 15) is 14.9 Å². The van der Waals surface area contributed by atoms with Gasteiger partial charge in [0.2, 0.25) is 0 Å². The summed E-state index contributed by atoms with van der Waals surface area (Å²) in [5.74, 6) is 0. The Labute approximate surface area is 149 Å². The van der Waals surface area contributed by atoms with Crippen molar-refractivity contribution in [2.75, 3.05) is 13.1 Å². The third kappa shape index (κ3) is 4.22. The van der Waals surface area contributed by atoms with E-state index in [0.717, 1.165) is 6.42 Å². The molecule has 134 valence electrons. The number of fused-ring (bicyclic) bond motifs is 1. The van der Waals surface area contributed by atoms with Crippen LogP contribution in [-0.4, -0.2) is 49.8 Å². The van der Waals surface area contributed by atoms with E-state index in [1.165, 1.54) is 12.1 Å². The number of imidazole rings is 1. The number of non-ortho nitro benzene ring substituents is 1. The number of aromatic amines is 1. The molecule has 1 N–H and O–H groups in total. The number of nitrogens with one attached hydrogen (secondary N) is 1. The van der Waals surface area contributed by atoms with Gasteiger partial charge in [-0.15, -0.1) is 0 Å². The molecule has 1 aromatic heterocycles. The van der Waals surface area contributed by atoms with Crippen LogP contribution in [0, 0.1) is 10.1 Å². The van der Waals surface area contributed by atoms with E-state index in [0.29, 0.717) is 29.3 Å². The second-order valence-electron chi connectivity index (χ2n) is 6.96. The number of hydrogen-bond acceptors (Lipinski definition) is 6. The number of carbonyl (C=O) groups is 1. The maximum atomic E-state index is 12.1. The molecule has 0 spiro atoms. The Hall–Kier alpha value is -2.29. The fraction of sp³-hybridized carbons (Fsp3) is 0.500. The maximum Gasteiger partial charge on any atom is 0.410 e. The number of thioether (sulfide) groups is 1. The first kappa shape index (κ1) is 17.5. The van der Waals surface area contributed by atoms with Crippen LogP contribution in [-0.2, 0) is 4.74 Å². The van der Waals surface area contributed by atoms with E-state index >= 15 is 0 Å². The first-order valence-corrected chi connectivity index (χ1v) is 8.88. The average Bonchev–Trinajstić information content (AvgIpc) is 3.11. The van der Waals surface area contributed by atoms with Gasteiger partial charge in [-0.2, -0.15) is 0 Å². The van der Waals surface area contributed by atoms with Gasteiger partial charge in [0.25, 0.3) is 5.69 Å². The molecule has 1 aliphatic heterocycles. The lowest BCUT2D eigenvalue weighted by Gasteiger charge is -2.24. The number of aromatic nitrogens is 2. The zero-order valence-corrected chi connectivity index (χ0v) is 15.1. The summed E-state index contributed by atoms with van der Waals surface area (Å²) in [5, 5.41) is 11.8. The number of likely N-dealkylation sites (tertiary alicyclic amines) is 1. The number of nitro benzene ring substituents is 1. The van der Waals surface area contributed by atoms with Gasteiger partial charge in [-0.25, -0.2) is 9.78 Å². The van der Waals surface area contributed by atoms with Crippen LogP contribution in [0.15, 0.2) is 23.4 Å². The summed E-state index contributed by atoms with van der Waals surface area (Å²) < 4.78 is 5.39. The highest BCUT2D eigenvalue weighted by Crippen LogP contribution is 2.30. The van der Waals surface area contributed by atoms with E-state index in [1.54, 1.807) is 22.7 Å². The number of hydrogen-bond donors (Lipinski definition) is 1. The van der Waals surface area contributed by atoms with Gasteiger partial charge in [0.05, 0.1) is 16.0 Å². The van der Waals surface area contributed by atoms with Gasteiger partial charge in [-0.3, -0.25) is 10.1 Å². The number of amides is 1. The van der Waals surface area contributed by atoms with Crippen molar-refractivity contribution in [2.45, 2.75) is 43.2 Å². The summed E-state index contributed by atoms with van der Waals surface area (Å²) in [7, 11) is 0. The lowest BCUT2D eigenvalue weighted by atomic mass is 10.2. The number of ether oxygens (including phenoxy) is 1. The Bertz CT molecular complexity index is 814. The van der Waals surface area contributed by atoms with Crippen molar-refractivity contribution < 1.29 is 14.5 Å². The number of rotatable bonds is 3. The molecule has 1 atom stereocenters. The van der Waals surface area contributed by atoms with Crippen LogP contribution in [0.4, 0.5) is 10.5 Å². The summed E-state index contributed by atoms with van der Waals surface area (Å²) in [6, 6.07) is 4.56. The molecule has 3 rings (SSSR count). The van der Waals surface area contributed by atoms with E-state index < -0.39 is 10.5 Å². The summed E-state index contributed by atoms with van der Waals surface area (Å²) >= 11 is 1.54. The van der Waals surface area contributed by atoms with Crippen LogP contribution < -0.4 is 0 Å². The Morgan fingerprint density at radius 2 is 2.24 bits per heavy atom. The first-order chi connectivity index (χ1) is 11.7. The van der Waals surface area contributed by atoms with Crippen LogP contribution >= 0.6 is 11.8 Å². The fourth-order valence-electron chi connectivity index (χ4n) is 2.62. The summed E-state index contributed by atoms with van der Waals surface area (Å²) in [6.07, 6.45) is 0.553. The Morgan fingerprint density at radius 3 is 2.92 bits per heavy atom. The third-order valence-electron chi connectivity index (χ3n) is 3.73. The minimum absolute atomic E-state index is 0.0321. The predicted octanol–water partition coefficient (Wildman–Crippen LogP) is 3.57. The van der Waals surface area contributed by atoms with Crippen LogP contribution in [0.3, 0.4) is 0 Å². The monoisotopic (exact) mass is 364 g/mol. The number of benzene rings is 1.